The first-order valence-corrected chi connectivity index (χ1v) is 7.24. The van der Waals surface area contributed by atoms with E-state index in [0.29, 0.717) is 6.54 Å². The molecule has 2 aromatic rings. The number of carbonyl (C=O) groups excluding carboxylic acids is 1. The molecule has 110 valence electrons. The van der Waals surface area contributed by atoms with E-state index < -0.39 is 4.92 Å². The fourth-order valence-corrected chi connectivity index (χ4v) is 2.42. The zero-order chi connectivity index (χ0) is 15.1. The number of benzene rings is 1. The van der Waals surface area contributed by atoms with Gasteiger partial charge in [0.05, 0.1) is 0 Å². The minimum atomic E-state index is -0.592. The average Bonchev–Trinajstić information content (AvgIpc) is 2.93. The summed E-state index contributed by atoms with van der Waals surface area (Å²) in [6.07, 6.45) is 2.51. The van der Waals surface area contributed by atoms with Crippen LogP contribution in [0, 0.1) is 10.1 Å². The molecular weight excluding hydrogens is 292 g/mol. The largest absolute Gasteiger partial charge is 0.381 e. The highest BCUT2D eigenvalue weighted by molar-refractivity contribution is 7.99. The third kappa shape index (κ3) is 4.92. The monoisotopic (exact) mass is 306 g/mol. The maximum Gasteiger partial charge on any atom is 0.381 e. The Morgan fingerprint density at radius 2 is 2.14 bits per heavy atom. The number of aromatic nitrogens is 2. The lowest BCUT2D eigenvalue weighted by atomic mass is 10.4. The molecule has 0 unspecified atom stereocenters. The van der Waals surface area contributed by atoms with E-state index in [1.54, 1.807) is 11.8 Å². The molecule has 7 nitrogen and oxygen atoms in total. The number of nitro groups is 1. The van der Waals surface area contributed by atoms with Crippen LogP contribution in [-0.4, -0.2) is 32.7 Å². The van der Waals surface area contributed by atoms with E-state index >= 15 is 0 Å². The standard InChI is InChI=1S/C13H14N4O3S/c18-13(9-16-8-12(15-10-16)17(19)20)14-6-7-21-11-4-2-1-3-5-11/h1-5,8,10H,6-7,9H2,(H,14,18). The van der Waals surface area contributed by atoms with Crippen molar-refractivity contribution in [2.45, 2.75) is 11.4 Å². The van der Waals surface area contributed by atoms with Crippen LogP contribution in [0.1, 0.15) is 0 Å². The molecule has 1 N–H and O–H groups in total. The summed E-state index contributed by atoms with van der Waals surface area (Å²) in [6.45, 7) is 0.562. The van der Waals surface area contributed by atoms with Crippen molar-refractivity contribution in [3.05, 3.63) is 53.0 Å². The smallest absolute Gasteiger partial charge is 0.358 e. The molecule has 1 aromatic carbocycles. The molecule has 0 spiro atoms. The lowest BCUT2D eigenvalue weighted by molar-refractivity contribution is -0.389. The van der Waals surface area contributed by atoms with E-state index in [1.165, 1.54) is 17.1 Å². The first-order chi connectivity index (χ1) is 10.1. The first kappa shape index (κ1) is 15.0. The highest BCUT2D eigenvalue weighted by Crippen LogP contribution is 2.15. The molecule has 0 bridgehead atoms. The predicted octanol–water partition coefficient (Wildman–Crippen LogP) is 1.70. The minimum absolute atomic E-state index is 0.0246. The number of nitrogens with zero attached hydrogens (tertiary/aromatic N) is 3. The summed E-state index contributed by atoms with van der Waals surface area (Å²) in [5.74, 6) is 0.304. The zero-order valence-corrected chi connectivity index (χ0v) is 12.0. The van der Waals surface area contributed by atoms with E-state index in [4.69, 9.17) is 0 Å². The SMILES string of the molecule is O=C(Cn1cnc([N+](=O)[O-])c1)NCCSc1ccccc1. The van der Waals surface area contributed by atoms with Gasteiger partial charge in [0.15, 0.2) is 0 Å². The third-order valence-corrected chi connectivity index (χ3v) is 3.58. The van der Waals surface area contributed by atoms with Gasteiger partial charge in [-0.15, -0.1) is 11.8 Å². The Morgan fingerprint density at radius 3 is 2.81 bits per heavy atom. The minimum Gasteiger partial charge on any atom is -0.358 e. The van der Waals surface area contributed by atoms with E-state index in [-0.39, 0.29) is 18.3 Å². The summed E-state index contributed by atoms with van der Waals surface area (Å²) in [7, 11) is 0. The second kappa shape index (κ2) is 7.44. The Morgan fingerprint density at radius 1 is 1.38 bits per heavy atom. The summed E-state index contributed by atoms with van der Waals surface area (Å²) < 4.78 is 1.39. The van der Waals surface area contributed by atoms with Crippen molar-refractivity contribution in [1.29, 1.82) is 0 Å². The van der Waals surface area contributed by atoms with Crippen LogP contribution >= 0.6 is 11.8 Å². The van der Waals surface area contributed by atoms with Gasteiger partial charge in [-0.1, -0.05) is 18.2 Å². The van der Waals surface area contributed by atoms with Gasteiger partial charge in [0.25, 0.3) is 0 Å². The fourth-order valence-electron chi connectivity index (χ4n) is 1.63. The Hall–Kier alpha value is -2.35. The lowest BCUT2D eigenvalue weighted by Gasteiger charge is -2.05. The van der Waals surface area contributed by atoms with Crippen LogP contribution in [0.5, 0.6) is 0 Å². The topological polar surface area (TPSA) is 90.1 Å². The molecule has 1 heterocycles. The predicted molar refractivity (Wildman–Crippen MR) is 79.1 cm³/mol. The zero-order valence-electron chi connectivity index (χ0n) is 11.1. The number of hydrogen-bond acceptors (Lipinski definition) is 5. The van der Waals surface area contributed by atoms with Gasteiger partial charge in [-0.3, -0.25) is 4.79 Å². The van der Waals surface area contributed by atoms with Crippen molar-refractivity contribution in [2.75, 3.05) is 12.3 Å². The van der Waals surface area contributed by atoms with E-state index in [1.807, 2.05) is 30.3 Å². The van der Waals surface area contributed by atoms with Gasteiger partial charge in [-0.25, -0.2) is 0 Å². The van der Waals surface area contributed by atoms with Crippen LogP contribution in [0.25, 0.3) is 0 Å². The molecule has 1 aromatic heterocycles. The second-order valence-corrected chi connectivity index (χ2v) is 5.34. The summed E-state index contributed by atoms with van der Waals surface area (Å²) in [5.41, 5.74) is 0. The van der Waals surface area contributed by atoms with Gasteiger partial charge < -0.3 is 20.0 Å². The average molecular weight is 306 g/mol. The number of amides is 1. The highest BCUT2D eigenvalue weighted by atomic mass is 32.2. The number of imidazole rings is 1. The van der Waals surface area contributed by atoms with Gasteiger partial charge in [-0.05, 0) is 22.0 Å². The molecule has 8 heteroatoms. The van der Waals surface area contributed by atoms with Crippen LogP contribution in [0.2, 0.25) is 0 Å². The van der Waals surface area contributed by atoms with Gasteiger partial charge >= 0.3 is 5.82 Å². The maximum absolute atomic E-state index is 11.7. The Bertz CT molecular complexity index is 615. The van der Waals surface area contributed by atoms with Crippen LogP contribution < -0.4 is 5.32 Å². The van der Waals surface area contributed by atoms with Crippen LogP contribution in [0.4, 0.5) is 5.82 Å². The Kier molecular flexibility index (Phi) is 5.33. The third-order valence-electron chi connectivity index (χ3n) is 2.57. The molecule has 0 saturated carbocycles. The van der Waals surface area contributed by atoms with Crippen molar-refractivity contribution in [3.63, 3.8) is 0 Å². The summed E-state index contributed by atoms with van der Waals surface area (Å²) in [4.78, 5) is 26.3. The molecule has 1 amide bonds. The Labute approximate surface area is 125 Å². The van der Waals surface area contributed by atoms with Crippen molar-refractivity contribution in [3.8, 4) is 0 Å². The number of hydrogen-bond donors (Lipinski definition) is 1. The van der Waals surface area contributed by atoms with E-state index in [2.05, 4.69) is 10.3 Å². The van der Waals surface area contributed by atoms with Crippen molar-refractivity contribution in [2.24, 2.45) is 0 Å². The van der Waals surface area contributed by atoms with Gasteiger partial charge in [0.1, 0.15) is 12.7 Å². The maximum atomic E-state index is 11.7. The number of thioether (sulfide) groups is 1. The Balaban J connectivity index is 1.68. The second-order valence-electron chi connectivity index (χ2n) is 4.17. The molecule has 0 atom stereocenters. The molecule has 21 heavy (non-hydrogen) atoms. The van der Waals surface area contributed by atoms with E-state index in [0.717, 1.165) is 10.6 Å². The number of rotatable bonds is 7. The highest BCUT2D eigenvalue weighted by Gasteiger charge is 2.11. The quantitative estimate of drug-likeness (QED) is 0.364. The van der Waals surface area contributed by atoms with E-state index in [9.17, 15) is 14.9 Å². The fraction of sp³-hybridized carbons (Fsp3) is 0.231. The van der Waals surface area contributed by atoms with Gasteiger partial charge in [-0.2, -0.15) is 0 Å². The number of nitrogens with one attached hydrogen (secondary N) is 1. The van der Waals surface area contributed by atoms with Crippen LogP contribution in [0.3, 0.4) is 0 Å². The lowest BCUT2D eigenvalue weighted by Crippen LogP contribution is -2.29. The molecule has 0 radical (unpaired) electrons. The van der Waals surface area contributed by atoms with Crippen LogP contribution in [-0.2, 0) is 11.3 Å². The van der Waals surface area contributed by atoms with Crippen molar-refractivity contribution < 1.29 is 9.72 Å². The summed E-state index contributed by atoms with van der Waals surface area (Å²) in [5, 5.41) is 13.2. The molecule has 0 aliphatic carbocycles. The molecule has 2 rings (SSSR count). The molecular formula is C13H14N4O3S. The molecule has 0 aliphatic rings. The first-order valence-electron chi connectivity index (χ1n) is 6.26. The van der Waals surface area contributed by atoms with Crippen molar-refractivity contribution >= 4 is 23.5 Å². The van der Waals surface area contributed by atoms with Gasteiger partial charge in [0, 0.05) is 17.2 Å². The van der Waals surface area contributed by atoms with Gasteiger partial charge in [0.2, 0.25) is 12.2 Å². The van der Waals surface area contributed by atoms with Crippen LogP contribution in [0.15, 0.2) is 47.8 Å². The summed E-state index contributed by atoms with van der Waals surface area (Å²) >= 11 is 1.65. The number of carbonyl (C=O) groups is 1. The molecule has 0 saturated heterocycles. The summed E-state index contributed by atoms with van der Waals surface area (Å²) in [6, 6.07) is 9.91. The molecule has 0 aliphatic heterocycles. The normalized spacial score (nSPS) is 10.3. The van der Waals surface area contributed by atoms with Crippen molar-refractivity contribution in [1.82, 2.24) is 14.9 Å². The molecule has 0 fully saturated rings.